The minimum absolute atomic E-state index is 0.0215. The van der Waals surface area contributed by atoms with Crippen LogP contribution < -0.4 is 5.32 Å². The monoisotopic (exact) mass is 457 g/mol. The SMILES string of the molecule is C[C@H]1CCc2c(sc(NC(=O)COC(=O)c3ncc(Cl)c(Cl)c3Cl)c2C#N)C1. The molecule has 2 heterocycles. The number of hydrogen-bond acceptors (Lipinski definition) is 6. The van der Waals surface area contributed by atoms with Gasteiger partial charge in [-0.25, -0.2) is 9.78 Å². The van der Waals surface area contributed by atoms with E-state index in [1.807, 2.05) is 0 Å². The van der Waals surface area contributed by atoms with Crippen molar-refractivity contribution in [3.05, 3.63) is 43.0 Å². The molecule has 0 spiro atoms. The van der Waals surface area contributed by atoms with Crippen LogP contribution in [-0.2, 0) is 22.4 Å². The van der Waals surface area contributed by atoms with Gasteiger partial charge in [0.15, 0.2) is 12.3 Å². The summed E-state index contributed by atoms with van der Waals surface area (Å²) in [7, 11) is 0. The molecule has 1 atom stereocenters. The summed E-state index contributed by atoms with van der Waals surface area (Å²) < 4.78 is 4.95. The number of thiophene rings is 1. The third kappa shape index (κ3) is 4.26. The average molecular weight is 459 g/mol. The lowest BCUT2D eigenvalue weighted by atomic mass is 9.89. The van der Waals surface area contributed by atoms with E-state index in [-0.39, 0.29) is 20.8 Å². The maximum absolute atomic E-state index is 12.2. The Morgan fingerprint density at radius 2 is 2.14 bits per heavy atom. The molecule has 1 aliphatic rings. The van der Waals surface area contributed by atoms with E-state index in [0.29, 0.717) is 16.5 Å². The molecule has 10 heteroatoms. The van der Waals surface area contributed by atoms with E-state index in [0.717, 1.165) is 29.7 Å². The maximum Gasteiger partial charge on any atom is 0.359 e. The molecule has 0 radical (unpaired) electrons. The smallest absolute Gasteiger partial charge is 0.359 e. The minimum atomic E-state index is -0.904. The zero-order valence-corrected chi connectivity index (χ0v) is 17.7. The summed E-state index contributed by atoms with van der Waals surface area (Å²) in [5.41, 5.74) is 1.26. The topological polar surface area (TPSA) is 92.1 Å². The zero-order chi connectivity index (χ0) is 20.4. The molecule has 146 valence electrons. The molecular formula is C18H14Cl3N3O3S. The first kappa shape index (κ1) is 20.9. The summed E-state index contributed by atoms with van der Waals surface area (Å²) in [6, 6.07) is 2.17. The molecule has 2 aromatic rings. The van der Waals surface area contributed by atoms with Crippen molar-refractivity contribution < 1.29 is 14.3 Å². The van der Waals surface area contributed by atoms with Gasteiger partial charge in [-0.2, -0.15) is 5.26 Å². The van der Waals surface area contributed by atoms with Gasteiger partial charge in [0, 0.05) is 11.1 Å². The van der Waals surface area contributed by atoms with Crippen molar-refractivity contribution in [2.45, 2.75) is 26.2 Å². The number of anilines is 1. The standard InChI is InChI=1S/C18H14Cl3N3O3S/c1-8-2-3-9-10(5-22)17(28-12(9)4-8)24-13(25)7-27-18(26)16-15(21)14(20)11(19)6-23-16/h6,8H,2-4,7H2,1H3,(H,24,25)/t8-/m0/s1. The molecular weight excluding hydrogens is 445 g/mol. The first-order chi connectivity index (χ1) is 13.3. The number of halogens is 3. The van der Waals surface area contributed by atoms with E-state index >= 15 is 0 Å². The molecule has 0 aromatic carbocycles. The van der Waals surface area contributed by atoms with Gasteiger partial charge in [0.1, 0.15) is 11.1 Å². The van der Waals surface area contributed by atoms with Crippen molar-refractivity contribution in [2.24, 2.45) is 5.92 Å². The number of carbonyl (C=O) groups is 2. The van der Waals surface area contributed by atoms with Gasteiger partial charge in [0.2, 0.25) is 0 Å². The summed E-state index contributed by atoms with van der Waals surface area (Å²) in [5.74, 6) is -0.920. The van der Waals surface area contributed by atoms with Crippen molar-refractivity contribution >= 4 is 63.0 Å². The number of nitrogens with zero attached hydrogens (tertiary/aromatic N) is 2. The summed E-state index contributed by atoms with van der Waals surface area (Å²) in [6.07, 6.45) is 3.90. The predicted molar refractivity (Wildman–Crippen MR) is 108 cm³/mol. The second kappa shape index (κ2) is 8.66. The van der Waals surface area contributed by atoms with Gasteiger partial charge < -0.3 is 10.1 Å². The van der Waals surface area contributed by atoms with E-state index < -0.39 is 18.5 Å². The highest BCUT2D eigenvalue weighted by molar-refractivity contribution is 7.16. The van der Waals surface area contributed by atoms with Crippen LogP contribution >= 0.6 is 46.1 Å². The van der Waals surface area contributed by atoms with Crippen molar-refractivity contribution in [1.82, 2.24) is 4.98 Å². The summed E-state index contributed by atoms with van der Waals surface area (Å²) in [6.45, 7) is 1.61. The first-order valence-electron chi connectivity index (χ1n) is 8.32. The molecule has 0 aliphatic heterocycles. The van der Waals surface area contributed by atoms with Crippen LogP contribution in [0.4, 0.5) is 5.00 Å². The minimum Gasteiger partial charge on any atom is -0.451 e. The molecule has 0 fully saturated rings. The second-order valence-electron chi connectivity index (χ2n) is 6.37. The third-order valence-corrected chi connectivity index (χ3v) is 6.73. The Morgan fingerprint density at radius 3 is 2.86 bits per heavy atom. The Hall–Kier alpha value is -1.85. The summed E-state index contributed by atoms with van der Waals surface area (Å²) in [5, 5.41) is 12.5. The summed E-state index contributed by atoms with van der Waals surface area (Å²) in [4.78, 5) is 29.2. The Kier molecular flexibility index (Phi) is 6.46. The Morgan fingerprint density at radius 1 is 1.39 bits per heavy atom. The van der Waals surface area contributed by atoms with Gasteiger partial charge in [0.25, 0.3) is 5.91 Å². The fourth-order valence-electron chi connectivity index (χ4n) is 2.90. The fourth-order valence-corrected chi connectivity index (χ4v) is 4.84. The normalized spacial score (nSPS) is 15.5. The molecule has 0 bridgehead atoms. The van der Waals surface area contributed by atoms with Crippen LogP contribution in [0, 0.1) is 17.2 Å². The van der Waals surface area contributed by atoms with Crippen molar-refractivity contribution in [3.63, 3.8) is 0 Å². The van der Waals surface area contributed by atoms with Gasteiger partial charge >= 0.3 is 5.97 Å². The average Bonchev–Trinajstić information content (AvgIpc) is 3.00. The van der Waals surface area contributed by atoms with Crippen LogP contribution in [0.1, 0.15) is 39.8 Å². The van der Waals surface area contributed by atoms with E-state index in [9.17, 15) is 14.9 Å². The molecule has 6 nitrogen and oxygen atoms in total. The number of carbonyl (C=O) groups excluding carboxylic acids is 2. The Balaban J connectivity index is 1.66. The first-order valence-corrected chi connectivity index (χ1v) is 10.3. The van der Waals surface area contributed by atoms with E-state index in [4.69, 9.17) is 39.5 Å². The van der Waals surface area contributed by atoms with E-state index in [2.05, 4.69) is 23.3 Å². The molecule has 0 unspecified atom stereocenters. The van der Waals surface area contributed by atoms with Crippen LogP contribution in [-0.4, -0.2) is 23.5 Å². The maximum atomic E-state index is 12.2. The molecule has 28 heavy (non-hydrogen) atoms. The van der Waals surface area contributed by atoms with Crippen LogP contribution in [0.15, 0.2) is 6.20 Å². The Labute approximate surface area is 180 Å². The van der Waals surface area contributed by atoms with Gasteiger partial charge in [-0.1, -0.05) is 41.7 Å². The third-order valence-electron chi connectivity index (χ3n) is 4.32. The number of ether oxygens (including phenoxy) is 1. The fraction of sp³-hybridized carbons (Fsp3) is 0.333. The predicted octanol–water partition coefficient (Wildman–Crippen LogP) is 4.90. The second-order valence-corrected chi connectivity index (χ2v) is 8.64. The lowest BCUT2D eigenvalue weighted by molar-refractivity contribution is -0.119. The summed E-state index contributed by atoms with van der Waals surface area (Å²) >= 11 is 19.0. The number of nitriles is 1. The number of rotatable bonds is 4. The molecule has 1 amide bonds. The number of amides is 1. The number of fused-ring (bicyclic) bond motifs is 1. The molecule has 2 aromatic heterocycles. The number of aromatic nitrogens is 1. The van der Waals surface area contributed by atoms with Crippen molar-refractivity contribution in [3.8, 4) is 6.07 Å². The highest BCUT2D eigenvalue weighted by Gasteiger charge is 2.25. The van der Waals surface area contributed by atoms with E-state index in [1.54, 1.807) is 0 Å². The number of pyridine rings is 1. The van der Waals surface area contributed by atoms with Gasteiger partial charge in [-0.3, -0.25) is 4.79 Å². The number of hydrogen-bond donors (Lipinski definition) is 1. The highest BCUT2D eigenvalue weighted by atomic mass is 35.5. The zero-order valence-electron chi connectivity index (χ0n) is 14.6. The van der Waals surface area contributed by atoms with Crippen LogP contribution in [0.3, 0.4) is 0 Å². The van der Waals surface area contributed by atoms with Gasteiger partial charge in [0.05, 0.1) is 20.6 Å². The van der Waals surface area contributed by atoms with Crippen molar-refractivity contribution in [2.75, 3.05) is 11.9 Å². The van der Waals surface area contributed by atoms with Crippen LogP contribution in [0.2, 0.25) is 15.1 Å². The largest absolute Gasteiger partial charge is 0.451 e. The molecule has 0 saturated carbocycles. The number of nitrogens with one attached hydrogen (secondary N) is 1. The lowest BCUT2D eigenvalue weighted by Gasteiger charge is -2.17. The Bertz CT molecular complexity index is 1000. The number of esters is 1. The van der Waals surface area contributed by atoms with Gasteiger partial charge in [-0.15, -0.1) is 11.3 Å². The quantitative estimate of drug-likeness (QED) is 0.658. The molecule has 1 N–H and O–H groups in total. The van der Waals surface area contributed by atoms with Crippen LogP contribution in [0.5, 0.6) is 0 Å². The highest BCUT2D eigenvalue weighted by Crippen LogP contribution is 2.39. The van der Waals surface area contributed by atoms with Gasteiger partial charge in [-0.05, 0) is 30.7 Å². The van der Waals surface area contributed by atoms with Crippen LogP contribution in [0.25, 0.3) is 0 Å². The molecule has 0 saturated heterocycles. The van der Waals surface area contributed by atoms with E-state index in [1.165, 1.54) is 17.5 Å². The molecule has 3 rings (SSSR count). The van der Waals surface area contributed by atoms with Crippen molar-refractivity contribution in [1.29, 1.82) is 5.26 Å². The lowest BCUT2D eigenvalue weighted by Crippen LogP contribution is -2.21. The molecule has 1 aliphatic carbocycles.